The van der Waals surface area contributed by atoms with Crippen molar-refractivity contribution in [3.8, 4) is 11.5 Å². The predicted molar refractivity (Wildman–Crippen MR) is 267 cm³/mol. The lowest BCUT2D eigenvalue weighted by atomic mass is 9.99. The summed E-state index contributed by atoms with van der Waals surface area (Å²) in [5.74, 6) is -2.85. The summed E-state index contributed by atoms with van der Waals surface area (Å²) in [4.78, 5) is 95.3. The van der Waals surface area contributed by atoms with Crippen LogP contribution in [0.5, 0.6) is 0 Å². The first kappa shape index (κ1) is 55.0. The maximum Gasteiger partial charge on any atom is 0.410 e. The number of alkyl halides is 2. The minimum Gasteiger partial charge on any atom is -0.444 e. The largest absolute Gasteiger partial charge is 0.444 e. The molecule has 2 aromatic carbocycles. The Morgan fingerprint density at radius 3 is 1.89 bits per heavy atom. The number of nitrogens with zero attached hydrogens (tertiary/aromatic N) is 6. The second-order valence-electron chi connectivity index (χ2n) is 21.6. The quantitative estimate of drug-likeness (QED) is 0.110. The van der Waals surface area contributed by atoms with Crippen LogP contribution in [0.4, 0.5) is 22.8 Å². The highest BCUT2D eigenvalue weighted by molar-refractivity contribution is 5.94. The summed E-state index contributed by atoms with van der Waals surface area (Å²) in [6, 6.07) is 5.98. The van der Waals surface area contributed by atoms with Crippen molar-refractivity contribution in [1.29, 1.82) is 0 Å². The molecule has 394 valence electrons. The average molecular weight is 1010 g/mol. The number of fused-ring (bicyclic) bond motifs is 2. The number of imidazole rings is 1. The SMILES string of the molecule is CC[C@H](NC(=O)[C@H](C)N(C)C(=O)OC(C)(C)C)C(=O)N1C[C@@H](F)C[C@H]1Cc1c(-c2nc3cc(F)ccc3n2C[C@@H]2C[C@H](F)CN2C(=O)[C@@H](NC(=O)[C@H](C)N(C)C(=O)OC(C)(C)C)C(C)C)[nH]c2ccccc12. The molecule has 2 saturated heterocycles. The van der Waals surface area contributed by atoms with E-state index < -0.39 is 107 Å². The van der Waals surface area contributed by atoms with Gasteiger partial charge in [-0.3, -0.25) is 29.0 Å². The summed E-state index contributed by atoms with van der Waals surface area (Å²) in [7, 11) is 2.86. The van der Waals surface area contributed by atoms with Crippen molar-refractivity contribution in [2.45, 2.75) is 168 Å². The van der Waals surface area contributed by atoms with Gasteiger partial charge in [-0.05, 0) is 97.9 Å². The molecule has 3 N–H and O–H groups in total. The van der Waals surface area contributed by atoms with E-state index in [1.54, 1.807) is 72.9 Å². The number of aromatic nitrogens is 3. The number of hydrogen-bond donors (Lipinski definition) is 3. The fourth-order valence-electron chi connectivity index (χ4n) is 9.29. The fraction of sp³-hybridized carbons (Fsp3) is 0.596. The van der Waals surface area contributed by atoms with Crippen LogP contribution in [0, 0.1) is 11.7 Å². The monoisotopic (exact) mass is 1010 g/mol. The van der Waals surface area contributed by atoms with Gasteiger partial charge in [0.25, 0.3) is 0 Å². The topological polar surface area (TPSA) is 192 Å². The lowest BCUT2D eigenvalue weighted by Gasteiger charge is -2.33. The second kappa shape index (κ2) is 21.8. The Morgan fingerprint density at radius 2 is 1.33 bits per heavy atom. The zero-order valence-corrected chi connectivity index (χ0v) is 43.8. The Hall–Kier alpha value is -6.34. The van der Waals surface area contributed by atoms with Crippen LogP contribution in [-0.2, 0) is 41.6 Å². The maximum atomic E-state index is 15.7. The third-order valence-electron chi connectivity index (χ3n) is 13.4. The third kappa shape index (κ3) is 12.5. The summed E-state index contributed by atoms with van der Waals surface area (Å²) in [6.07, 6.45) is -3.95. The number of carbonyl (C=O) groups excluding carboxylic acids is 6. The van der Waals surface area contributed by atoms with Crippen LogP contribution in [0.3, 0.4) is 0 Å². The van der Waals surface area contributed by atoms with E-state index in [0.717, 1.165) is 15.2 Å². The molecule has 6 rings (SSSR count). The zero-order chi connectivity index (χ0) is 53.3. The van der Waals surface area contributed by atoms with Crippen LogP contribution in [-0.4, -0.2) is 157 Å². The molecule has 6 amide bonds. The van der Waals surface area contributed by atoms with E-state index in [1.807, 2.05) is 24.3 Å². The molecule has 0 radical (unpaired) electrons. The minimum absolute atomic E-state index is 0.00482. The van der Waals surface area contributed by atoms with E-state index in [-0.39, 0.29) is 50.8 Å². The Kier molecular flexibility index (Phi) is 16.6. The zero-order valence-electron chi connectivity index (χ0n) is 43.8. The first-order chi connectivity index (χ1) is 33.6. The van der Waals surface area contributed by atoms with Crippen LogP contribution in [0.25, 0.3) is 33.5 Å². The van der Waals surface area contributed by atoms with Gasteiger partial charge in [0, 0.05) is 56.5 Å². The number of para-hydroxylation sites is 1. The van der Waals surface area contributed by atoms with Crippen molar-refractivity contribution < 1.29 is 51.4 Å². The number of halogens is 3. The molecule has 0 saturated carbocycles. The van der Waals surface area contributed by atoms with Gasteiger partial charge >= 0.3 is 12.2 Å². The van der Waals surface area contributed by atoms with Gasteiger partial charge in [0.1, 0.15) is 53.5 Å². The van der Waals surface area contributed by atoms with E-state index in [9.17, 15) is 33.2 Å². The van der Waals surface area contributed by atoms with Gasteiger partial charge in [-0.2, -0.15) is 0 Å². The molecule has 72 heavy (non-hydrogen) atoms. The van der Waals surface area contributed by atoms with Gasteiger partial charge < -0.3 is 39.5 Å². The Morgan fingerprint density at radius 1 is 0.792 bits per heavy atom. The number of carbonyl (C=O) groups is 6. The predicted octanol–water partition coefficient (Wildman–Crippen LogP) is 7.29. The number of aromatic amines is 1. The fourth-order valence-corrected chi connectivity index (χ4v) is 9.29. The molecule has 0 spiro atoms. The number of hydrogen-bond acceptors (Lipinski definition) is 9. The number of amides is 6. The van der Waals surface area contributed by atoms with Crippen molar-refractivity contribution in [1.82, 2.24) is 44.8 Å². The highest BCUT2D eigenvalue weighted by Crippen LogP contribution is 2.37. The Labute approximate surface area is 419 Å². The van der Waals surface area contributed by atoms with Crippen molar-refractivity contribution in [3.05, 3.63) is 53.8 Å². The van der Waals surface area contributed by atoms with E-state index in [2.05, 4.69) is 15.6 Å². The van der Waals surface area contributed by atoms with Gasteiger partial charge in [0.2, 0.25) is 23.6 Å². The highest BCUT2D eigenvalue weighted by atomic mass is 19.1. The molecule has 8 atom stereocenters. The number of benzene rings is 2. The lowest BCUT2D eigenvalue weighted by molar-refractivity contribution is -0.139. The van der Waals surface area contributed by atoms with Gasteiger partial charge in [-0.25, -0.2) is 27.7 Å². The molecule has 17 nitrogen and oxygen atoms in total. The molecule has 20 heteroatoms. The number of likely N-dealkylation sites (N-methyl/N-ethyl adjacent to an activating group) is 2. The van der Waals surface area contributed by atoms with Gasteiger partial charge in [-0.1, -0.05) is 39.0 Å². The van der Waals surface area contributed by atoms with Crippen LogP contribution in [0.1, 0.15) is 101 Å². The van der Waals surface area contributed by atoms with Crippen LogP contribution < -0.4 is 10.6 Å². The number of ether oxygens (including phenoxy) is 2. The molecular formula is C52H72F3N9O8. The van der Waals surface area contributed by atoms with E-state index in [4.69, 9.17) is 14.5 Å². The molecule has 2 fully saturated rings. The molecular weight excluding hydrogens is 936 g/mol. The van der Waals surface area contributed by atoms with Crippen molar-refractivity contribution in [3.63, 3.8) is 0 Å². The maximum absolute atomic E-state index is 15.7. The summed E-state index contributed by atoms with van der Waals surface area (Å²) in [5, 5.41) is 6.34. The molecule has 2 aromatic heterocycles. The Balaban J connectivity index is 1.31. The molecule has 2 aliphatic rings. The summed E-state index contributed by atoms with van der Waals surface area (Å²) < 4.78 is 59.1. The smallest absolute Gasteiger partial charge is 0.410 e. The van der Waals surface area contributed by atoms with Crippen molar-refractivity contribution in [2.24, 2.45) is 5.92 Å². The molecule has 4 aromatic rings. The van der Waals surface area contributed by atoms with Crippen LogP contribution in [0.15, 0.2) is 42.5 Å². The molecule has 4 heterocycles. The van der Waals surface area contributed by atoms with Crippen molar-refractivity contribution in [2.75, 3.05) is 27.2 Å². The van der Waals surface area contributed by atoms with Crippen LogP contribution in [0.2, 0.25) is 0 Å². The molecule has 2 aliphatic heterocycles. The highest BCUT2D eigenvalue weighted by Gasteiger charge is 2.43. The van der Waals surface area contributed by atoms with Gasteiger partial charge in [0.05, 0.1) is 35.9 Å². The minimum atomic E-state index is -1.41. The molecule has 0 unspecified atom stereocenters. The summed E-state index contributed by atoms with van der Waals surface area (Å²) in [6.45, 7) is 18.1. The van der Waals surface area contributed by atoms with Gasteiger partial charge in [0.15, 0.2) is 5.82 Å². The van der Waals surface area contributed by atoms with E-state index in [1.165, 1.54) is 49.9 Å². The summed E-state index contributed by atoms with van der Waals surface area (Å²) >= 11 is 0. The van der Waals surface area contributed by atoms with E-state index in [0.29, 0.717) is 28.1 Å². The first-order valence-electron chi connectivity index (χ1n) is 24.8. The number of rotatable bonds is 15. The number of nitrogens with one attached hydrogen (secondary N) is 3. The van der Waals surface area contributed by atoms with Gasteiger partial charge in [-0.15, -0.1) is 0 Å². The van der Waals surface area contributed by atoms with Crippen LogP contribution >= 0.6 is 0 Å². The lowest BCUT2D eigenvalue weighted by Crippen LogP contribution is -2.57. The molecule has 0 aliphatic carbocycles. The second-order valence-corrected chi connectivity index (χ2v) is 21.6. The van der Waals surface area contributed by atoms with Crippen molar-refractivity contribution >= 4 is 57.8 Å². The number of H-pyrrole nitrogens is 1. The normalized spacial score (nSPS) is 20.1. The standard InChI is InChI=1S/C52H72F3N9O8/c1-14-38(58-45(65)29(4)60(12)49(69)71-51(6,7)8)47(67)62-25-32(54)21-34(62)24-37-36-17-15-16-18-39(36)56-43(37)44-57-40-23-31(53)19-20-41(40)64(44)27-35-22-33(55)26-63(35)48(68)42(28(2)3)59-46(66)30(5)61(13)50(70)72-52(9,10)11/h15-20,23,28-30,32-35,38,42,56H,14,21-22,24-27H2,1-13H3,(H,58,65)(H,59,66)/t29-,30-,32-,33-,34-,35-,38-,42-/m0/s1. The number of likely N-dealkylation sites (tertiary alicyclic amines) is 2. The van der Waals surface area contributed by atoms with E-state index >= 15 is 8.78 Å². The third-order valence-corrected chi connectivity index (χ3v) is 13.4. The Bertz CT molecular complexity index is 2660. The first-order valence-corrected chi connectivity index (χ1v) is 24.8. The average Bonchev–Trinajstić information content (AvgIpc) is 4.06. The molecule has 0 bridgehead atoms. The summed E-state index contributed by atoms with van der Waals surface area (Å²) in [5.41, 5.74) is 1.04.